The zero-order chi connectivity index (χ0) is 17.5. The van der Waals surface area contributed by atoms with E-state index in [0.29, 0.717) is 0 Å². The Morgan fingerprint density at radius 1 is 0.875 bits per heavy atom. The van der Waals surface area contributed by atoms with Crippen LogP contribution in [-0.2, 0) is 0 Å². The summed E-state index contributed by atoms with van der Waals surface area (Å²) in [4.78, 5) is 0. The molecule has 128 valence electrons. The van der Waals surface area contributed by atoms with Crippen molar-refractivity contribution in [3.05, 3.63) is 71.3 Å². The Balaban J connectivity index is 2.33. The fourth-order valence-corrected chi connectivity index (χ4v) is 3.22. The Hall–Kier alpha value is -1.93. The van der Waals surface area contributed by atoms with Crippen LogP contribution < -0.4 is 9.47 Å². The topological polar surface area (TPSA) is 18.5 Å². The minimum Gasteiger partial charge on any atom is -0.497 e. The van der Waals surface area contributed by atoms with Crippen molar-refractivity contribution >= 4 is 11.6 Å². The van der Waals surface area contributed by atoms with Gasteiger partial charge >= 0.3 is 0 Å². The maximum atomic E-state index is 6.56. The van der Waals surface area contributed by atoms with Gasteiger partial charge in [0.15, 0.2) is 0 Å². The number of halogens is 1. The van der Waals surface area contributed by atoms with Crippen molar-refractivity contribution in [1.29, 1.82) is 0 Å². The molecule has 0 amide bonds. The average Bonchev–Trinajstić information content (AvgIpc) is 2.59. The summed E-state index contributed by atoms with van der Waals surface area (Å²) in [5.41, 5.74) is 3.70. The van der Waals surface area contributed by atoms with Gasteiger partial charge in [0.05, 0.1) is 19.6 Å². The Morgan fingerprint density at radius 2 is 1.29 bits per heavy atom. The molecular formula is C21H25ClO2. The van der Waals surface area contributed by atoms with Gasteiger partial charge in [-0.15, -0.1) is 11.6 Å². The predicted molar refractivity (Wildman–Crippen MR) is 102 cm³/mol. The maximum absolute atomic E-state index is 6.56. The van der Waals surface area contributed by atoms with Crippen LogP contribution in [0.15, 0.2) is 60.2 Å². The standard InChI is InChI=1S/C21H25ClO2/c1-15(2)13-18(22)14-21(16-5-9-19(23-3)10-6-16)17-7-11-20(24-4)12-8-17/h5-13,18,21H,14H2,1-4H3. The zero-order valence-electron chi connectivity index (χ0n) is 14.8. The third-order valence-corrected chi connectivity index (χ3v) is 4.32. The van der Waals surface area contributed by atoms with Gasteiger partial charge in [0.2, 0.25) is 0 Å². The van der Waals surface area contributed by atoms with E-state index >= 15 is 0 Å². The van der Waals surface area contributed by atoms with E-state index in [2.05, 4.69) is 44.2 Å². The molecule has 0 aliphatic heterocycles. The van der Waals surface area contributed by atoms with Crippen molar-refractivity contribution in [3.63, 3.8) is 0 Å². The third kappa shape index (κ3) is 5.04. The fraction of sp³-hybridized carbons (Fsp3) is 0.333. The summed E-state index contributed by atoms with van der Waals surface area (Å²) < 4.78 is 10.5. The Bertz CT molecular complexity index is 608. The summed E-state index contributed by atoms with van der Waals surface area (Å²) in [6, 6.07) is 16.4. The van der Waals surface area contributed by atoms with Crippen LogP contribution in [0.1, 0.15) is 37.3 Å². The van der Waals surface area contributed by atoms with Gasteiger partial charge in [-0.1, -0.05) is 35.9 Å². The van der Waals surface area contributed by atoms with Gasteiger partial charge in [-0.3, -0.25) is 0 Å². The Morgan fingerprint density at radius 3 is 1.62 bits per heavy atom. The molecule has 2 nitrogen and oxygen atoms in total. The quantitative estimate of drug-likeness (QED) is 0.467. The van der Waals surface area contributed by atoms with Crippen molar-refractivity contribution in [3.8, 4) is 11.5 Å². The van der Waals surface area contributed by atoms with E-state index in [1.807, 2.05) is 24.3 Å². The Labute approximate surface area is 150 Å². The van der Waals surface area contributed by atoms with Crippen LogP contribution in [0.4, 0.5) is 0 Å². The highest BCUT2D eigenvalue weighted by atomic mass is 35.5. The van der Waals surface area contributed by atoms with Crippen molar-refractivity contribution in [2.45, 2.75) is 31.6 Å². The lowest BCUT2D eigenvalue weighted by Gasteiger charge is -2.20. The smallest absolute Gasteiger partial charge is 0.118 e. The molecule has 2 aromatic carbocycles. The van der Waals surface area contributed by atoms with Gasteiger partial charge in [-0.05, 0) is 55.7 Å². The number of ether oxygens (including phenoxy) is 2. The molecule has 0 fully saturated rings. The molecule has 2 rings (SSSR count). The van der Waals surface area contributed by atoms with Crippen LogP contribution in [0.2, 0.25) is 0 Å². The van der Waals surface area contributed by atoms with Crippen LogP contribution in [0.3, 0.4) is 0 Å². The van der Waals surface area contributed by atoms with Gasteiger partial charge < -0.3 is 9.47 Å². The van der Waals surface area contributed by atoms with Crippen LogP contribution in [-0.4, -0.2) is 19.6 Å². The molecule has 0 spiro atoms. The molecule has 3 heteroatoms. The second kappa shape index (κ2) is 8.79. The van der Waals surface area contributed by atoms with Crippen molar-refractivity contribution in [1.82, 2.24) is 0 Å². The first-order valence-electron chi connectivity index (χ1n) is 8.10. The summed E-state index contributed by atoms with van der Waals surface area (Å²) >= 11 is 6.56. The fourth-order valence-electron chi connectivity index (χ4n) is 2.79. The van der Waals surface area contributed by atoms with Crippen LogP contribution >= 0.6 is 11.6 Å². The number of hydrogen-bond donors (Lipinski definition) is 0. The lowest BCUT2D eigenvalue weighted by Crippen LogP contribution is -2.08. The number of rotatable bonds is 7. The number of alkyl halides is 1. The second-order valence-corrected chi connectivity index (χ2v) is 6.66. The van der Waals surface area contributed by atoms with Gasteiger partial charge in [0.1, 0.15) is 11.5 Å². The van der Waals surface area contributed by atoms with Crippen LogP contribution in [0.5, 0.6) is 11.5 Å². The molecule has 2 aromatic rings. The zero-order valence-corrected chi connectivity index (χ0v) is 15.5. The van der Waals surface area contributed by atoms with E-state index < -0.39 is 0 Å². The molecule has 0 heterocycles. The van der Waals surface area contributed by atoms with E-state index in [4.69, 9.17) is 21.1 Å². The molecule has 0 saturated carbocycles. The highest BCUT2D eigenvalue weighted by Crippen LogP contribution is 2.33. The monoisotopic (exact) mass is 344 g/mol. The molecule has 1 atom stereocenters. The van der Waals surface area contributed by atoms with Gasteiger partial charge in [0, 0.05) is 5.92 Å². The van der Waals surface area contributed by atoms with Crippen LogP contribution in [0, 0.1) is 0 Å². The van der Waals surface area contributed by atoms with E-state index in [-0.39, 0.29) is 11.3 Å². The van der Waals surface area contributed by atoms with Crippen molar-refractivity contribution in [2.75, 3.05) is 14.2 Å². The number of allylic oxidation sites excluding steroid dienone is 2. The first-order valence-corrected chi connectivity index (χ1v) is 8.54. The molecule has 0 aliphatic carbocycles. The summed E-state index contributed by atoms with van der Waals surface area (Å²) in [5, 5.41) is -0.01000. The van der Waals surface area contributed by atoms with Crippen molar-refractivity contribution < 1.29 is 9.47 Å². The molecule has 0 aromatic heterocycles. The minimum atomic E-state index is -0.01000. The number of hydrogen-bond acceptors (Lipinski definition) is 2. The molecular weight excluding hydrogens is 320 g/mol. The average molecular weight is 345 g/mol. The Kier molecular flexibility index (Phi) is 6.74. The molecule has 0 N–H and O–H groups in total. The van der Waals surface area contributed by atoms with E-state index in [1.165, 1.54) is 16.7 Å². The van der Waals surface area contributed by atoms with E-state index in [9.17, 15) is 0 Å². The maximum Gasteiger partial charge on any atom is 0.118 e. The molecule has 24 heavy (non-hydrogen) atoms. The first kappa shape index (κ1) is 18.4. The summed E-state index contributed by atoms with van der Waals surface area (Å²) in [7, 11) is 3.36. The third-order valence-electron chi connectivity index (χ3n) is 4.01. The summed E-state index contributed by atoms with van der Waals surface area (Å²) in [5.74, 6) is 1.94. The molecule has 1 unspecified atom stereocenters. The van der Waals surface area contributed by atoms with E-state index in [1.54, 1.807) is 14.2 Å². The number of methoxy groups -OCH3 is 2. The summed E-state index contributed by atoms with van der Waals surface area (Å²) in [6.07, 6.45) is 2.95. The predicted octanol–water partition coefficient (Wildman–Crippen LogP) is 5.80. The second-order valence-electron chi connectivity index (χ2n) is 6.09. The lowest BCUT2D eigenvalue weighted by molar-refractivity contribution is 0.414. The largest absolute Gasteiger partial charge is 0.497 e. The molecule has 0 aliphatic rings. The molecule has 0 radical (unpaired) electrons. The highest BCUT2D eigenvalue weighted by molar-refractivity contribution is 6.21. The SMILES string of the molecule is COc1ccc(C(CC(Cl)C=C(C)C)c2ccc(OC)cc2)cc1. The highest BCUT2D eigenvalue weighted by Gasteiger charge is 2.18. The van der Waals surface area contributed by atoms with Crippen molar-refractivity contribution in [2.24, 2.45) is 0 Å². The van der Waals surface area contributed by atoms with Gasteiger partial charge in [-0.2, -0.15) is 0 Å². The normalized spacial score (nSPS) is 11.9. The molecule has 0 bridgehead atoms. The van der Waals surface area contributed by atoms with Gasteiger partial charge in [-0.25, -0.2) is 0 Å². The molecule has 0 saturated heterocycles. The van der Waals surface area contributed by atoms with Crippen LogP contribution in [0.25, 0.3) is 0 Å². The first-order chi connectivity index (χ1) is 11.5. The van der Waals surface area contributed by atoms with Gasteiger partial charge in [0.25, 0.3) is 0 Å². The minimum absolute atomic E-state index is 0.01000. The lowest BCUT2D eigenvalue weighted by atomic mass is 9.87. The van der Waals surface area contributed by atoms with E-state index in [0.717, 1.165) is 17.9 Å². The number of benzene rings is 2. The summed E-state index contributed by atoms with van der Waals surface area (Å²) in [6.45, 7) is 4.15.